The van der Waals surface area contributed by atoms with Gasteiger partial charge in [0, 0.05) is 23.4 Å². The number of aryl methyl sites for hydroxylation is 1. The summed E-state index contributed by atoms with van der Waals surface area (Å²) in [5, 5.41) is 3.65. The van der Waals surface area contributed by atoms with Crippen molar-refractivity contribution in [2.75, 3.05) is 16.8 Å². The summed E-state index contributed by atoms with van der Waals surface area (Å²) in [6, 6.07) is 12.5. The van der Waals surface area contributed by atoms with Crippen molar-refractivity contribution >= 4 is 40.1 Å². The van der Waals surface area contributed by atoms with Gasteiger partial charge >= 0.3 is 5.97 Å². The van der Waals surface area contributed by atoms with E-state index in [-0.39, 0.29) is 30.7 Å². The summed E-state index contributed by atoms with van der Waals surface area (Å²) < 4.78 is 10.8. The van der Waals surface area contributed by atoms with Gasteiger partial charge in [0.1, 0.15) is 5.58 Å². The maximum Gasteiger partial charge on any atom is 0.310 e. The predicted octanol–water partition coefficient (Wildman–Crippen LogP) is 3.59. The Labute approximate surface area is 173 Å². The fourth-order valence-corrected chi connectivity index (χ4v) is 3.71. The van der Waals surface area contributed by atoms with Gasteiger partial charge in [-0.25, -0.2) is 0 Å². The third-order valence-electron chi connectivity index (χ3n) is 5.13. The molecular formula is C23H22N2O5. The number of carbonyl (C=O) groups excluding carboxylic acids is 3. The molecule has 154 valence electrons. The van der Waals surface area contributed by atoms with Crippen LogP contribution in [0.4, 0.5) is 11.4 Å². The number of amides is 2. The summed E-state index contributed by atoms with van der Waals surface area (Å²) in [6.45, 7) is 3.36. The number of benzene rings is 2. The first-order valence-corrected chi connectivity index (χ1v) is 9.75. The highest BCUT2D eigenvalue weighted by Gasteiger charge is 2.30. The fourth-order valence-electron chi connectivity index (χ4n) is 3.71. The SMILES string of the molecule is Cc1ccc2c(CC(=O)OCC(=O)N3c4ccccc4NC(=O)C[C@H]3C)coc2c1. The number of nitrogens with one attached hydrogen (secondary N) is 1. The Balaban J connectivity index is 1.45. The maximum absolute atomic E-state index is 12.9. The van der Waals surface area contributed by atoms with Gasteiger partial charge in [0.05, 0.1) is 24.1 Å². The van der Waals surface area contributed by atoms with Crippen LogP contribution in [0, 0.1) is 6.92 Å². The zero-order valence-electron chi connectivity index (χ0n) is 16.8. The number of fused-ring (bicyclic) bond motifs is 2. The van der Waals surface area contributed by atoms with Crippen LogP contribution < -0.4 is 10.2 Å². The standard InChI is InChI=1S/C23H22N2O5/c1-14-7-8-17-16(12-29-20(17)9-14)11-23(28)30-13-22(27)25-15(2)10-21(26)24-18-5-3-4-6-19(18)25/h3-9,12,15H,10-11,13H2,1-2H3,(H,24,26)/t15-/m1/s1. The lowest BCUT2D eigenvalue weighted by Crippen LogP contribution is -2.41. The Morgan fingerprint density at radius 3 is 2.87 bits per heavy atom. The topological polar surface area (TPSA) is 88.9 Å². The van der Waals surface area contributed by atoms with Crippen LogP contribution in [0.25, 0.3) is 11.0 Å². The minimum atomic E-state index is -0.517. The number of carbonyl (C=O) groups is 3. The molecule has 0 spiro atoms. The first-order chi connectivity index (χ1) is 14.4. The van der Waals surface area contributed by atoms with E-state index in [1.165, 1.54) is 11.2 Å². The molecule has 7 heteroatoms. The van der Waals surface area contributed by atoms with Crippen molar-refractivity contribution in [3.8, 4) is 0 Å². The predicted molar refractivity (Wildman–Crippen MR) is 112 cm³/mol. The first kappa shape index (κ1) is 19.7. The lowest BCUT2D eigenvalue weighted by molar-refractivity contribution is -0.147. The summed E-state index contributed by atoms with van der Waals surface area (Å²) in [4.78, 5) is 38.8. The molecule has 2 amide bonds. The largest absolute Gasteiger partial charge is 0.464 e. The second kappa shape index (κ2) is 8.02. The molecule has 1 N–H and O–H groups in total. The third kappa shape index (κ3) is 3.91. The summed E-state index contributed by atoms with van der Waals surface area (Å²) >= 11 is 0. The normalized spacial score (nSPS) is 16.0. The number of hydrogen-bond donors (Lipinski definition) is 1. The highest BCUT2D eigenvalue weighted by atomic mass is 16.5. The van der Waals surface area contributed by atoms with Crippen LogP contribution in [0.3, 0.4) is 0 Å². The average Bonchev–Trinajstić information content (AvgIpc) is 3.03. The number of para-hydroxylation sites is 2. The lowest BCUT2D eigenvalue weighted by Gasteiger charge is -2.27. The van der Waals surface area contributed by atoms with E-state index in [1.807, 2.05) is 25.1 Å². The zero-order valence-corrected chi connectivity index (χ0v) is 16.8. The average molecular weight is 406 g/mol. The smallest absolute Gasteiger partial charge is 0.310 e. The Kier molecular flexibility index (Phi) is 5.27. The molecule has 1 aliphatic heterocycles. The summed E-state index contributed by atoms with van der Waals surface area (Å²) in [6.07, 6.45) is 1.71. The van der Waals surface area contributed by atoms with E-state index in [0.717, 1.165) is 10.9 Å². The van der Waals surface area contributed by atoms with Gasteiger partial charge < -0.3 is 19.4 Å². The molecule has 0 fully saturated rings. The lowest BCUT2D eigenvalue weighted by atomic mass is 10.1. The Hall–Kier alpha value is -3.61. The second-order valence-corrected chi connectivity index (χ2v) is 7.48. The molecule has 4 rings (SSSR count). The fraction of sp³-hybridized carbons (Fsp3) is 0.261. The molecule has 30 heavy (non-hydrogen) atoms. The molecule has 2 aromatic carbocycles. The maximum atomic E-state index is 12.9. The summed E-state index contributed by atoms with van der Waals surface area (Å²) in [5.41, 5.74) is 3.64. The van der Waals surface area contributed by atoms with E-state index in [4.69, 9.17) is 9.15 Å². The van der Waals surface area contributed by atoms with Crippen molar-refractivity contribution in [2.24, 2.45) is 0 Å². The van der Waals surface area contributed by atoms with Crippen LogP contribution in [-0.2, 0) is 25.5 Å². The van der Waals surface area contributed by atoms with Gasteiger partial charge in [0.25, 0.3) is 5.91 Å². The van der Waals surface area contributed by atoms with Crippen LogP contribution >= 0.6 is 0 Å². The Bertz CT molecular complexity index is 1130. The molecule has 1 aliphatic rings. The molecule has 0 unspecified atom stereocenters. The van der Waals surface area contributed by atoms with Crippen LogP contribution in [0.1, 0.15) is 24.5 Å². The van der Waals surface area contributed by atoms with Crippen LogP contribution in [-0.4, -0.2) is 30.4 Å². The number of nitrogens with zero attached hydrogens (tertiary/aromatic N) is 1. The van der Waals surface area contributed by atoms with Crippen LogP contribution in [0.2, 0.25) is 0 Å². The molecule has 0 aliphatic carbocycles. The highest BCUT2D eigenvalue weighted by Crippen LogP contribution is 2.31. The number of esters is 1. The van der Waals surface area contributed by atoms with Gasteiger partial charge in [-0.3, -0.25) is 14.4 Å². The molecule has 0 saturated heterocycles. The number of ether oxygens (including phenoxy) is 1. The molecule has 7 nitrogen and oxygen atoms in total. The molecule has 3 aromatic rings. The van der Waals surface area contributed by atoms with E-state index in [2.05, 4.69) is 5.32 Å². The monoisotopic (exact) mass is 406 g/mol. The minimum absolute atomic E-state index is 0.00945. The van der Waals surface area contributed by atoms with Crippen molar-refractivity contribution in [3.63, 3.8) is 0 Å². The number of furan rings is 1. The van der Waals surface area contributed by atoms with E-state index in [0.29, 0.717) is 22.5 Å². The summed E-state index contributed by atoms with van der Waals surface area (Å²) in [7, 11) is 0. The molecular weight excluding hydrogens is 384 g/mol. The highest BCUT2D eigenvalue weighted by molar-refractivity contribution is 6.05. The van der Waals surface area contributed by atoms with Gasteiger partial charge in [-0.1, -0.05) is 24.3 Å². The van der Waals surface area contributed by atoms with Gasteiger partial charge in [-0.05, 0) is 37.6 Å². The third-order valence-corrected chi connectivity index (χ3v) is 5.13. The van der Waals surface area contributed by atoms with E-state index in [9.17, 15) is 14.4 Å². The van der Waals surface area contributed by atoms with Crippen molar-refractivity contribution in [1.29, 1.82) is 0 Å². The first-order valence-electron chi connectivity index (χ1n) is 9.75. The minimum Gasteiger partial charge on any atom is -0.464 e. The van der Waals surface area contributed by atoms with Crippen molar-refractivity contribution in [1.82, 2.24) is 0 Å². The molecule has 1 aromatic heterocycles. The Morgan fingerprint density at radius 1 is 1.23 bits per heavy atom. The van der Waals surface area contributed by atoms with Gasteiger partial charge in [-0.2, -0.15) is 0 Å². The number of anilines is 2. The van der Waals surface area contributed by atoms with Crippen LogP contribution in [0.15, 0.2) is 53.1 Å². The van der Waals surface area contributed by atoms with Gasteiger partial charge in [0.2, 0.25) is 5.91 Å². The van der Waals surface area contributed by atoms with Gasteiger partial charge in [0.15, 0.2) is 6.61 Å². The van der Waals surface area contributed by atoms with Crippen LogP contribution in [0.5, 0.6) is 0 Å². The van der Waals surface area contributed by atoms with E-state index >= 15 is 0 Å². The number of hydrogen-bond acceptors (Lipinski definition) is 5. The molecule has 0 radical (unpaired) electrons. The quantitative estimate of drug-likeness (QED) is 0.669. The summed E-state index contributed by atoms with van der Waals surface area (Å²) in [5.74, 6) is -1.06. The van der Waals surface area contributed by atoms with E-state index < -0.39 is 12.6 Å². The van der Waals surface area contributed by atoms with Crippen molar-refractivity contribution < 1.29 is 23.5 Å². The zero-order chi connectivity index (χ0) is 21.3. The molecule has 0 saturated carbocycles. The van der Waals surface area contributed by atoms with Gasteiger partial charge in [-0.15, -0.1) is 0 Å². The Morgan fingerprint density at radius 2 is 2.03 bits per heavy atom. The second-order valence-electron chi connectivity index (χ2n) is 7.48. The molecule has 2 heterocycles. The molecule has 1 atom stereocenters. The van der Waals surface area contributed by atoms with Crippen molar-refractivity contribution in [2.45, 2.75) is 32.7 Å². The van der Waals surface area contributed by atoms with E-state index in [1.54, 1.807) is 31.2 Å². The number of rotatable bonds is 4. The van der Waals surface area contributed by atoms with Crippen molar-refractivity contribution in [3.05, 3.63) is 59.9 Å². The molecule has 0 bridgehead atoms.